The number of rotatable bonds is 6. The Hall–Kier alpha value is -3.46. The highest BCUT2D eigenvalue weighted by Gasteiger charge is 2.56. The van der Waals surface area contributed by atoms with Gasteiger partial charge in [-0.1, -0.05) is 26.8 Å². The van der Waals surface area contributed by atoms with Crippen molar-refractivity contribution in [1.82, 2.24) is 25.1 Å². The van der Waals surface area contributed by atoms with E-state index in [4.69, 9.17) is 14.7 Å². The predicted octanol–water partition coefficient (Wildman–Crippen LogP) is 5.04. The fourth-order valence-corrected chi connectivity index (χ4v) is 7.69. The lowest BCUT2D eigenvalue weighted by Crippen LogP contribution is -2.63. The van der Waals surface area contributed by atoms with Crippen molar-refractivity contribution >= 4 is 22.5 Å². The first-order valence-corrected chi connectivity index (χ1v) is 15.7. The van der Waals surface area contributed by atoms with Crippen molar-refractivity contribution in [2.24, 2.45) is 28.2 Å². The summed E-state index contributed by atoms with van der Waals surface area (Å²) >= 11 is 0. The van der Waals surface area contributed by atoms with Crippen molar-refractivity contribution in [3.8, 4) is 5.75 Å². The third-order valence-corrected chi connectivity index (χ3v) is 10.6. The van der Waals surface area contributed by atoms with Crippen LogP contribution in [0.15, 0.2) is 46.2 Å². The molecule has 5 atom stereocenters. The van der Waals surface area contributed by atoms with Crippen molar-refractivity contribution in [2.75, 3.05) is 26.7 Å². The lowest BCUT2D eigenvalue weighted by atomic mass is 9.45. The van der Waals surface area contributed by atoms with Crippen LogP contribution in [0, 0.1) is 35.9 Å². The van der Waals surface area contributed by atoms with Gasteiger partial charge in [0.25, 0.3) is 5.56 Å². The van der Waals surface area contributed by atoms with Crippen LogP contribution in [0.4, 0.5) is 10.1 Å². The standard InChI is InChI=1S/C34H45FN6O2/c1-20-19-40(14-12-36-20)33(39-30-16-24-15-28(21(30)2)34(24,4)5)38-25-8-10-27-31(17-25)37-22(3)41(32(27)42)13-11-23-7-9-26(43-6)18-29(23)35/h7-10,17-18,20-21,24,28,30,36H,11-16,19H2,1-6H3,(H,38,39)/t20-,21+,24-,28-,30-/m0/s1. The largest absolute Gasteiger partial charge is 0.497 e. The summed E-state index contributed by atoms with van der Waals surface area (Å²) < 4.78 is 21.2. The Bertz CT molecular complexity index is 1600. The van der Waals surface area contributed by atoms with Crippen LogP contribution in [-0.4, -0.2) is 59.2 Å². The summed E-state index contributed by atoms with van der Waals surface area (Å²) in [6.45, 7) is 14.3. The molecule has 0 spiro atoms. The Labute approximate surface area is 253 Å². The minimum atomic E-state index is -0.340. The zero-order valence-corrected chi connectivity index (χ0v) is 26.3. The number of aromatic nitrogens is 2. The maximum Gasteiger partial charge on any atom is 0.261 e. The highest BCUT2D eigenvalue weighted by molar-refractivity contribution is 5.86. The molecule has 3 saturated carbocycles. The van der Waals surface area contributed by atoms with E-state index in [2.05, 4.69) is 43.2 Å². The quantitative estimate of drug-likeness (QED) is 0.310. The Morgan fingerprint density at radius 2 is 2.02 bits per heavy atom. The van der Waals surface area contributed by atoms with E-state index in [0.717, 1.165) is 43.1 Å². The maximum absolute atomic E-state index is 14.5. The molecule has 0 radical (unpaired) electrons. The van der Waals surface area contributed by atoms with Gasteiger partial charge in [-0.25, -0.2) is 14.4 Å². The first kappa shape index (κ1) is 29.6. The molecule has 8 nitrogen and oxygen atoms in total. The highest BCUT2D eigenvalue weighted by atomic mass is 19.1. The van der Waals surface area contributed by atoms with Crippen LogP contribution in [0.3, 0.4) is 0 Å². The lowest BCUT2D eigenvalue weighted by Gasteiger charge is -2.62. The van der Waals surface area contributed by atoms with E-state index in [1.807, 2.05) is 25.1 Å². The first-order valence-electron chi connectivity index (χ1n) is 15.7. The highest BCUT2D eigenvalue weighted by Crippen LogP contribution is 2.61. The normalized spacial score (nSPS) is 26.7. The van der Waals surface area contributed by atoms with Crippen LogP contribution in [-0.2, 0) is 13.0 Å². The van der Waals surface area contributed by atoms with E-state index in [1.165, 1.54) is 26.0 Å². The first-order chi connectivity index (χ1) is 20.5. The molecule has 2 bridgehead atoms. The zero-order chi connectivity index (χ0) is 30.5. The van der Waals surface area contributed by atoms with Gasteiger partial charge in [-0.3, -0.25) is 9.36 Å². The Morgan fingerprint density at radius 3 is 2.72 bits per heavy atom. The lowest BCUT2D eigenvalue weighted by molar-refractivity contribution is -0.112. The van der Waals surface area contributed by atoms with Gasteiger partial charge in [0.15, 0.2) is 5.96 Å². The third-order valence-electron chi connectivity index (χ3n) is 10.6. The van der Waals surface area contributed by atoms with Crippen LogP contribution in [0.1, 0.15) is 51.9 Å². The van der Waals surface area contributed by atoms with Gasteiger partial charge in [0.05, 0.1) is 23.7 Å². The second kappa shape index (κ2) is 11.6. The molecule has 9 heteroatoms. The monoisotopic (exact) mass is 588 g/mol. The SMILES string of the molecule is COc1ccc(CCn2c(C)nc3cc(N=C(N[C@H]4C[C@@H]5C[C@@H]([C@H]4C)C5(C)C)N4CCN[C@@H](C)C4)ccc3c2=O)c(F)c1. The molecular formula is C34H45FN6O2. The molecule has 0 unspecified atom stereocenters. The van der Waals surface area contributed by atoms with Crippen LogP contribution in [0.25, 0.3) is 10.9 Å². The summed E-state index contributed by atoms with van der Waals surface area (Å²) in [5, 5.41) is 7.97. The summed E-state index contributed by atoms with van der Waals surface area (Å²) in [4.78, 5) is 25.8. The molecule has 3 aromatic rings. The average Bonchev–Trinajstić information content (AvgIpc) is 2.97. The number of hydrogen-bond acceptors (Lipinski definition) is 5. The van der Waals surface area contributed by atoms with Crippen LogP contribution in [0.2, 0.25) is 0 Å². The summed E-state index contributed by atoms with van der Waals surface area (Å²) in [5.41, 5.74) is 2.24. The summed E-state index contributed by atoms with van der Waals surface area (Å²) in [6.07, 6.45) is 2.89. The van der Waals surface area contributed by atoms with E-state index in [1.54, 1.807) is 16.7 Å². The van der Waals surface area contributed by atoms with E-state index < -0.39 is 0 Å². The van der Waals surface area contributed by atoms with Gasteiger partial charge in [-0.05, 0) is 86.1 Å². The second-order valence-corrected chi connectivity index (χ2v) is 13.5. The smallest absolute Gasteiger partial charge is 0.261 e. The summed E-state index contributed by atoms with van der Waals surface area (Å²) in [7, 11) is 1.51. The summed E-state index contributed by atoms with van der Waals surface area (Å²) in [5.74, 6) is 3.71. The maximum atomic E-state index is 14.5. The Morgan fingerprint density at radius 1 is 1.21 bits per heavy atom. The van der Waals surface area contributed by atoms with Crippen molar-refractivity contribution in [1.29, 1.82) is 0 Å². The van der Waals surface area contributed by atoms with Gasteiger partial charge < -0.3 is 20.3 Å². The molecule has 1 saturated heterocycles. The molecule has 2 N–H and O–H groups in total. The molecule has 4 aliphatic rings. The van der Waals surface area contributed by atoms with Crippen LogP contribution >= 0.6 is 0 Å². The molecule has 0 amide bonds. The van der Waals surface area contributed by atoms with Gasteiger partial charge in [0.2, 0.25) is 0 Å². The Balaban J connectivity index is 1.27. The fourth-order valence-electron chi connectivity index (χ4n) is 7.69. The minimum Gasteiger partial charge on any atom is -0.497 e. The van der Waals surface area contributed by atoms with Crippen molar-refractivity contribution in [3.05, 3.63) is 64.0 Å². The third kappa shape index (κ3) is 5.64. The molecule has 230 valence electrons. The number of hydrogen-bond donors (Lipinski definition) is 2. The van der Waals surface area contributed by atoms with Gasteiger partial charge >= 0.3 is 0 Å². The topological polar surface area (TPSA) is 83.8 Å². The molecule has 3 aliphatic carbocycles. The molecule has 1 aliphatic heterocycles. The summed E-state index contributed by atoms with van der Waals surface area (Å²) in [6, 6.07) is 11.2. The Kier molecular flexibility index (Phi) is 7.96. The van der Waals surface area contributed by atoms with Crippen LogP contribution in [0.5, 0.6) is 5.75 Å². The number of aliphatic imine (C=N–C) groups is 1. The van der Waals surface area contributed by atoms with Crippen molar-refractivity contribution in [3.63, 3.8) is 0 Å². The van der Waals surface area contributed by atoms with Gasteiger partial charge in [-0.2, -0.15) is 0 Å². The number of guanidine groups is 1. The van der Waals surface area contributed by atoms with Gasteiger partial charge in [0, 0.05) is 44.3 Å². The van der Waals surface area contributed by atoms with Gasteiger partial charge in [0.1, 0.15) is 17.4 Å². The number of ether oxygens (including phenoxy) is 1. The zero-order valence-electron chi connectivity index (χ0n) is 26.3. The number of aryl methyl sites for hydroxylation is 2. The van der Waals surface area contributed by atoms with Gasteiger partial charge in [-0.15, -0.1) is 0 Å². The molecule has 7 rings (SSSR count). The fraction of sp³-hybridized carbons (Fsp3) is 0.559. The molecule has 4 fully saturated rings. The number of fused-ring (bicyclic) bond motifs is 3. The van der Waals surface area contributed by atoms with E-state index in [9.17, 15) is 9.18 Å². The van der Waals surface area contributed by atoms with Crippen LogP contribution < -0.4 is 20.9 Å². The number of halogens is 1. The number of piperazine rings is 1. The second-order valence-electron chi connectivity index (χ2n) is 13.5. The average molecular weight is 589 g/mol. The van der Waals surface area contributed by atoms with E-state index in [-0.39, 0.29) is 11.4 Å². The molecule has 2 aromatic carbocycles. The number of methoxy groups -OCH3 is 1. The number of nitrogens with zero attached hydrogens (tertiary/aromatic N) is 4. The van der Waals surface area contributed by atoms with Crippen molar-refractivity contribution in [2.45, 2.75) is 72.5 Å². The molecule has 1 aromatic heterocycles. The predicted molar refractivity (Wildman–Crippen MR) is 170 cm³/mol. The minimum absolute atomic E-state index is 0.126. The molecule has 2 heterocycles. The number of benzene rings is 2. The van der Waals surface area contributed by atoms with Crippen molar-refractivity contribution < 1.29 is 9.13 Å². The van der Waals surface area contributed by atoms with E-state index in [0.29, 0.717) is 64.4 Å². The molecule has 43 heavy (non-hydrogen) atoms. The van der Waals surface area contributed by atoms with E-state index >= 15 is 0 Å². The molecular weight excluding hydrogens is 543 g/mol. The number of nitrogens with one attached hydrogen (secondary N) is 2.